The topological polar surface area (TPSA) is 52.9 Å². The predicted octanol–water partition coefficient (Wildman–Crippen LogP) is 2.59. The van der Waals surface area contributed by atoms with Crippen LogP contribution in [0.25, 0.3) is 0 Å². The molecular formula is C18H28N4O2. The average Bonchev–Trinajstić information content (AvgIpc) is 2.92. The number of nitrogens with zero attached hydrogens (tertiary/aromatic N) is 4. The van der Waals surface area contributed by atoms with Crippen molar-refractivity contribution in [3.05, 3.63) is 34.4 Å². The van der Waals surface area contributed by atoms with Gasteiger partial charge in [0.25, 0.3) is 5.69 Å². The molecule has 6 heteroatoms. The van der Waals surface area contributed by atoms with Crippen molar-refractivity contribution in [1.82, 2.24) is 9.80 Å². The standard InChI is InChI=1S/C18H28N4O2/c1-15-3-4-16(2)21(15)14-11-19-9-12-20(13-10-19)17-5-7-18(8-6-17)22(23)24/h5-8,15-16H,3-4,9-14H2,1-2H3. The summed E-state index contributed by atoms with van der Waals surface area (Å²) in [6.45, 7) is 11.1. The van der Waals surface area contributed by atoms with Gasteiger partial charge in [-0.1, -0.05) is 0 Å². The van der Waals surface area contributed by atoms with Crippen LogP contribution in [0.5, 0.6) is 0 Å². The fraction of sp³-hybridized carbons (Fsp3) is 0.667. The number of nitro benzene ring substituents is 1. The summed E-state index contributed by atoms with van der Waals surface area (Å²) in [5, 5.41) is 10.7. The molecule has 0 spiro atoms. The number of likely N-dealkylation sites (tertiary alicyclic amines) is 1. The van der Waals surface area contributed by atoms with Crippen LogP contribution < -0.4 is 4.90 Å². The van der Waals surface area contributed by atoms with Gasteiger partial charge in [-0.25, -0.2) is 0 Å². The third-order valence-electron chi connectivity index (χ3n) is 5.61. The molecule has 0 amide bonds. The van der Waals surface area contributed by atoms with Crippen LogP contribution in [-0.4, -0.2) is 66.1 Å². The predicted molar refractivity (Wildman–Crippen MR) is 96.6 cm³/mol. The minimum atomic E-state index is -0.345. The number of benzene rings is 1. The van der Waals surface area contributed by atoms with Crippen LogP contribution in [0.2, 0.25) is 0 Å². The summed E-state index contributed by atoms with van der Waals surface area (Å²) < 4.78 is 0. The Morgan fingerprint density at radius 2 is 1.58 bits per heavy atom. The van der Waals surface area contributed by atoms with E-state index in [-0.39, 0.29) is 10.6 Å². The Balaban J connectivity index is 1.46. The Labute approximate surface area is 144 Å². The van der Waals surface area contributed by atoms with Gasteiger partial charge in [0.15, 0.2) is 0 Å². The van der Waals surface area contributed by atoms with Crippen molar-refractivity contribution in [2.24, 2.45) is 0 Å². The number of anilines is 1. The highest BCUT2D eigenvalue weighted by atomic mass is 16.6. The summed E-state index contributed by atoms with van der Waals surface area (Å²) in [4.78, 5) is 17.9. The summed E-state index contributed by atoms with van der Waals surface area (Å²) in [6, 6.07) is 8.36. The quantitative estimate of drug-likeness (QED) is 0.613. The van der Waals surface area contributed by atoms with Gasteiger partial charge in [0.1, 0.15) is 0 Å². The molecular weight excluding hydrogens is 304 g/mol. The molecule has 0 radical (unpaired) electrons. The molecule has 0 aromatic heterocycles. The second-order valence-corrected chi connectivity index (χ2v) is 7.12. The Bertz CT molecular complexity index is 545. The second kappa shape index (κ2) is 7.49. The zero-order chi connectivity index (χ0) is 17.1. The van der Waals surface area contributed by atoms with Gasteiger partial charge in [0, 0.05) is 69.2 Å². The number of non-ortho nitro benzene ring substituents is 1. The summed E-state index contributed by atoms with van der Waals surface area (Å²) in [6.07, 6.45) is 2.66. The van der Waals surface area contributed by atoms with E-state index in [0.717, 1.165) is 50.5 Å². The summed E-state index contributed by atoms with van der Waals surface area (Å²) in [5.41, 5.74) is 1.24. The fourth-order valence-corrected chi connectivity index (χ4v) is 3.96. The van der Waals surface area contributed by atoms with Crippen molar-refractivity contribution in [3.63, 3.8) is 0 Å². The number of hydrogen-bond donors (Lipinski definition) is 0. The van der Waals surface area contributed by atoms with Crippen molar-refractivity contribution in [3.8, 4) is 0 Å². The third-order valence-corrected chi connectivity index (χ3v) is 5.61. The van der Waals surface area contributed by atoms with Gasteiger partial charge in [-0.15, -0.1) is 0 Å². The fourth-order valence-electron chi connectivity index (χ4n) is 3.96. The monoisotopic (exact) mass is 332 g/mol. The van der Waals surface area contributed by atoms with E-state index in [0.29, 0.717) is 0 Å². The Morgan fingerprint density at radius 1 is 1.00 bits per heavy atom. The van der Waals surface area contributed by atoms with E-state index >= 15 is 0 Å². The van der Waals surface area contributed by atoms with Gasteiger partial charge in [-0.3, -0.25) is 19.9 Å². The minimum Gasteiger partial charge on any atom is -0.369 e. The van der Waals surface area contributed by atoms with Crippen LogP contribution in [0.1, 0.15) is 26.7 Å². The van der Waals surface area contributed by atoms with E-state index in [1.54, 1.807) is 12.1 Å². The maximum atomic E-state index is 10.7. The first-order chi connectivity index (χ1) is 11.5. The Morgan fingerprint density at radius 3 is 2.12 bits per heavy atom. The van der Waals surface area contributed by atoms with Crippen LogP contribution in [-0.2, 0) is 0 Å². The molecule has 2 saturated heterocycles. The lowest BCUT2D eigenvalue weighted by atomic mass is 10.2. The lowest BCUT2D eigenvalue weighted by molar-refractivity contribution is -0.384. The normalized spacial score (nSPS) is 26.0. The molecule has 0 aliphatic carbocycles. The van der Waals surface area contributed by atoms with Crippen molar-refractivity contribution in [1.29, 1.82) is 0 Å². The molecule has 24 heavy (non-hydrogen) atoms. The molecule has 0 saturated carbocycles. The third kappa shape index (κ3) is 3.87. The smallest absolute Gasteiger partial charge is 0.269 e. The highest BCUT2D eigenvalue weighted by Gasteiger charge is 2.27. The number of rotatable bonds is 5. The molecule has 2 fully saturated rings. The molecule has 2 aliphatic heterocycles. The van der Waals surface area contributed by atoms with Crippen LogP contribution in [0.4, 0.5) is 11.4 Å². The van der Waals surface area contributed by atoms with E-state index in [1.807, 2.05) is 12.1 Å². The largest absolute Gasteiger partial charge is 0.369 e. The lowest BCUT2D eigenvalue weighted by Gasteiger charge is -2.37. The van der Waals surface area contributed by atoms with Crippen LogP contribution in [0.3, 0.4) is 0 Å². The van der Waals surface area contributed by atoms with Gasteiger partial charge in [0.2, 0.25) is 0 Å². The number of hydrogen-bond acceptors (Lipinski definition) is 5. The van der Waals surface area contributed by atoms with Crippen molar-refractivity contribution < 1.29 is 4.92 Å². The highest BCUT2D eigenvalue weighted by molar-refractivity contribution is 5.51. The first-order valence-electron chi connectivity index (χ1n) is 9.02. The van der Waals surface area contributed by atoms with Gasteiger partial charge in [0.05, 0.1) is 4.92 Å². The maximum Gasteiger partial charge on any atom is 0.269 e. The maximum absolute atomic E-state index is 10.7. The summed E-state index contributed by atoms with van der Waals surface area (Å²) in [5.74, 6) is 0. The molecule has 0 N–H and O–H groups in total. The molecule has 3 rings (SSSR count). The van der Waals surface area contributed by atoms with E-state index < -0.39 is 0 Å². The van der Waals surface area contributed by atoms with Crippen LogP contribution >= 0.6 is 0 Å². The summed E-state index contributed by atoms with van der Waals surface area (Å²) >= 11 is 0. The Hall–Kier alpha value is -1.66. The molecule has 2 atom stereocenters. The minimum absolute atomic E-state index is 0.159. The zero-order valence-corrected chi connectivity index (χ0v) is 14.7. The number of piperazine rings is 1. The molecule has 132 valence electrons. The molecule has 1 aromatic carbocycles. The first-order valence-corrected chi connectivity index (χ1v) is 9.02. The number of nitro groups is 1. The SMILES string of the molecule is CC1CCC(C)N1CCN1CCN(c2ccc([N+](=O)[O-])cc2)CC1. The van der Waals surface area contributed by atoms with Gasteiger partial charge >= 0.3 is 0 Å². The van der Waals surface area contributed by atoms with Gasteiger partial charge in [-0.05, 0) is 38.8 Å². The van der Waals surface area contributed by atoms with Gasteiger partial charge < -0.3 is 4.90 Å². The molecule has 2 heterocycles. The molecule has 2 unspecified atom stereocenters. The van der Waals surface area contributed by atoms with E-state index in [2.05, 4.69) is 28.5 Å². The Kier molecular flexibility index (Phi) is 5.36. The van der Waals surface area contributed by atoms with Crippen molar-refractivity contribution >= 4 is 11.4 Å². The zero-order valence-electron chi connectivity index (χ0n) is 14.7. The second-order valence-electron chi connectivity index (χ2n) is 7.12. The highest BCUT2D eigenvalue weighted by Crippen LogP contribution is 2.23. The molecule has 6 nitrogen and oxygen atoms in total. The summed E-state index contributed by atoms with van der Waals surface area (Å²) in [7, 11) is 0. The molecule has 2 aliphatic rings. The molecule has 0 bridgehead atoms. The van der Waals surface area contributed by atoms with Gasteiger partial charge in [-0.2, -0.15) is 0 Å². The van der Waals surface area contributed by atoms with Crippen LogP contribution in [0.15, 0.2) is 24.3 Å². The van der Waals surface area contributed by atoms with Crippen molar-refractivity contribution in [2.45, 2.75) is 38.8 Å². The van der Waals surface area contributed by atoms with E-state index in [4.69, 9.17) is 0 Å². The van der Waals surface area contributed by atoms with E-state index in [9.17, 15) is 10.1 Å². The van der Waals surface area contributed by atoms with Crippen LogP contribution in [0, 0.1) is 10.1 Å². The van der Waals surface area contributed by atoms with E-state index in [1.165, 1.54) is 19.4 Å². The first kappa shape index (κ1) is 17.2. The molecule has 1 aromatic rings. The lowest BCUT2D eigenvalue weighted by Crippen LogP contribution is -2.49. The average molecular weight is 332 g/mol. The van der Waals surface area contributed by atoms with Crippen molar-refractivity contribution in [2.75, 3.05) is 44.2 Å².